The van der Waals surface area contributed by atoms with Gasteiger partial charge in [-0.1, -0.05) is 146 Å². The van der Waals surface area contributed by atoms with Crippen molar-refractivity contribution in [2.45, 2.75) is 186 Å². The zero-order chi connectivity index (χ0) is 38.9. The molecule has 9 nitrogen and oxygen atoms in total. The van der Waals surface area contributed by atoms with Crippen LogP contribution in [-0.4, -0.2) is 49.3 Å². The van der Waals surface area contributed by atoms with Gasteiger partial charge in [-0.25, -0.2) is 4.57 Å². The highest BCUT2D eigenvalue weighted by molar-refractivity contribution is 7.47. The molecule has 0 aliphatic rings. The Morgan fingerprint density at radius 3 is 1.58 bits per heavy atom. The van der Waals surface area contributed by atoms with E-state index >= 15 is 0 Å². The largest absolute Gasteiger partial charge is 0.472 e. The number of phosphoric acid groups is 1. The number of rotatable bonds is 40. The van der Waals surface area contributed by atoms with Crippen molar-refractivity contribution >= 4 is 19.8 Å². The number of carbonyl (C=O) groups is 2. The van der Waals surface area contributed by atoms with Crippen molar-refractivity contribution in [3.8, 4) is 0 Å². The van der Waals surface area contributed by atoms with E-state index in [-0.39, 0.29) is 32.6 Å². The van der Waals surface area contributed by atoms with Gasteiger partial charge in [-0.05, 0) is 64.2 Å². The van der Waals surface area contributed by atoms with Crippen molar-refractivity contribution in [3.05, 3.63) is 49.1 Å². The quantitative estimate of drug-likeness (QED) is 0.0270. The van der Waals surface area contributed by atoms with Gasteiger partial charge in [0.1, 0.15) is 6.61 Å². The minimum Gasteiger partial charge on any atom is -0.462 e. The van der Waals surface area contributed by atoms with Crippen LogP contribution in [0.25, 0.3) is 0 Å². The second-order valence-electron chi connectivity index (χ2n) is 13.9. The highest BCUT2D eigenvalue weighted by Crippen LogP contribution is 2.43. The molecule has 0 fully saturated rings. The van der Waals surface area contributed by atoms with Crippen LogP contribution in [0.4, 0.5) is 0 Å². The molecular weight excluding hydrogens is 689 g/mol. The predicted octanol–water partition coefficient (Wildman–Crippen LogP) is 11.9. The van der Waals surface area contributed by atoms with Gasteiger partial charge in [0, 0.05) is 19.4 Å². The van der Waals surface area contributed by atoms with Gasteiger partial charge >= 0.3 is 19.8 Å². The summed E-state index contributed by atoms with van der Waals surface area (Å²) in [6, 6.07) is 0. The van der Waals surface area contributed by atoms with Gasteiger partial charge in [0.05, 0.1) is 13.2 Å². The second kappa shape index (κ2) is 39.7. The number of carbonyl (C=O) groups excluding carboxylic acids is 2. The van der Waals surface area contributed by atoms with Crippen molar-refractivity contribution in [2.75, 3.05) is 26.4 Å². The van der Waals surface area contributed by atoms with Crippen LogP contribution in [0.5, 0.6) is 0 Å². The molecule has 0 aromatic heterocycles. The molecule has 0 radical (unpaired) electrons. The maximum Gasteiger partial charge on any atom is 0.472 e. The van der Waals surface area contributed by atoms with Crippen LogP contribution in [0.15, 0.2) is 49.1 Å². The summed E-state index contributed by atoms with van der Waals surface area (Å²) >= 11 is 0. The standard InChI is InChI=1S/C43H78NO8P/c1-3-5-7-9-11-13-15-17-19-20-22-23-25-27-29-31-33-35-42(45)49-39-41(40-51-53(47,48)50-38-37-44)52-43(46)36-34-32-30-28-26-24-21-18-16-14-12-10-8-6-4-2/h4,11,13,17,19,22-23,41H,2-3,5-10,12,14-16,18,20-21,24-40,44H2,1H3,(H,47,48)/b13-11+,19-17+,23-22+/t41-/m1/s1. The highest BCUT2D eigenvalue weighted by Gasteiger charge is 2.26. The van der Waals surface area contributed by atoms with Gasteiger partial charge < -0.3 is 20.1 Å². The SMILES string of the molecule is C=CCCCCCCCCCCCCCCCC(=O)O[C@H](COC(=O)CCCCCC/C=C/C/C=C/C/C=C/CCCCC)COP(=O)(O)OCCN. The van der Waals surface area contributed by atoms with E-state index in [0.717, 1.165) is 64.2 Å². The summed E-state index contributed by atoms with van der Waals surface area (Å²) in [7, 11) is -4.38. The van der Waals surface area contributed by atoms with Gasteiger partial charge in [0.25, 0.3) is 0 Å². The monoisotopic (exact) mass is 768 g/mol. The fraction of sp³-hybridized carbons (Fsp3) is 0.767. The van der Waals surface area contributed by atoms with E-state index in [9.17, 15) is 19.0 Å². The van der Waals surface area contributed by atoms with Crippen LogP contribution < -0.4 is 5.73 Å². The van der Waals surface area contributed by atoms with Crippen molar-refractivity contribution in [3.63, 3.8) is 0 Å². The van der Waals surface area contributed by atoms with E-state index in [2.05, 4.69) is 50.0 Å². The Morgan fingerprint density at radius 2 is 1.08 bits per heavy atom. The topological polar surface area (TPSA) is 134 Å². The van der Waals surface area contributed by atoms with Gasteiger partial charge in [-0.3, -0.25) is 18.6 Å². The molecule has 0 saturated heterocycles. The molecule has 0 heterocycles. The molecule has 2 atom stereocenters. The maximum atomic E-state index is 12.6. The number of phosphoric ester groups is 1. The van der Waals surface area contributed by atoms with Crippen molar-refractivity contribution in [2.24, 2.45) is 5.73 Å². The predicted molar refractivity (Wildman–Crippen MR) is 220 cm³/mol. The summed E-state index contributed by atoms with van der Waals surface area (Å²) in [4.78, 5) is 34.8. The highest BCUT2D eigenvalue weighted by atomic mass is 31.2. The van der Waals surface area contributed by atoms with E-state index < -0.39 is 32.5 Å². The van der Waals surface area contributed by atoms with Crippen LogP contribution in [0.2, 0.25) is 0 Å². The molecule has 0 rings (SSSR count). The molecule has 0 saturated carbocycles. The van der Waals surface area contributed by atoms with Crippen LogP contribution in [0, 0.1) is 0 Å². The number of esters is 2. The number of ether oxygens (including phenoxy) is 2. The third-order valence-corrected chi connectivity index (χ3v) is 9.82. The summed E-state index contributed by atoms with van der Waals surface area (Å²) in [6.07, 6.45) is 43.1. The lowest BCUT2D eigenvalue weighted by molar-refractivity contribution is -0.161. The molecule has 0 aromatic carbocycles. The number of hydrogen-bond acceptors (Lipinski definition) is 8. The van der Waals surface area contributed by atoms with Crippen LogP contribution in [0.1, 0.15) is 180 Å². The van der Waals surface area contributed by atoms with Gasteiger partial charge in [0.2, 0.25) is 0 Å². The fourth-order valence-corrected chi connectivity index (χ4v) is 6.44. The first-order valence-electron chi connectivity index (χ1n) is 21.1. The molecule has 0 aliphatic carbocycles. The van der Waals surface area contributed by atoms with E-state index in [1.54, 1.807) is 0 Å². The maximum absolute atomic E-state index is 12.6. The minimum absolute atomic E-state index is 0.0484. The van der Waals surface area contributed by atoms with Crippen molar-refractivity contribution < 1.29 is 37.6 Å². The number of unbranched alkanes of at least 4 members (excludes halogenated alkanes) is 20. The third kappa shape index (κ3) is 39.5. The number of nitrogens with two attached hydrogens (primary N) is 1. The molecule has 0 spiro atoms. The van der Waals surface area contributed by atoms with Crippen molar-refractivity contribution in [1.29, 1.82) is 0 Å². The first kappa shape index (κ1) is 51.0. The van der Waals surface area contributed by atoms with Gasteiger partial charge in [0.15, 0.2) is 6.10 Å². The average molecular weight is 768 g/mol. The molecule has 308 valence electrons. The Kier molecular flexibility index (Phi) is 38.1. The Labute approximate surface area is 324 Å². The van der Waals surface area contributed by atoms with Crippen LogP contribution in [-0.2, 0) is 32.7 Å². The average Bonchev–Trinajstić information content (AvgIpc) is 3.14. The minimum atomic E-state index is -4.38. The van der Waals surface area contributed by atoms with Gasteiger partial charge in [-0.2, -0.15) is 0 Å². The summed E-state index contributed by atoms with van der Waals surface area (Å²) < 4.78 is 32.7. The molecule has 0 aliphatic heterocycles. The third-order valence-electron chi connectivity index (χ3n) is 8.83. The van der Waals surface area contributed by atoms with E-state index in [4.69, 9.17) is 24.3 Å². The Balaban J connectivity index is 4.19. The lowest BCUT2D eigenvalue weighted by atomic mass is 10.0. The molecule has 10 heteroatoms. The summed E-state index contributed by atoms with van der Waals surface area (Å²) in [6.45, 7) is 5.19. The zero-order valence-electron chi connectivity index (χ0n) is 33.6. The molecular formula is C43H78NO8P. The summed E-state index contributed by atoms with van der Waals surface area (Å²) in [5.41, 5.74) is 5.34. The zero-order valence-corrected chi connectivity index (χ0v) is 34.5. The Morgan fingerprint density at radius 1 is 0.623 bits per heavy atom. The Hall–Kier alpha value is -2.03. The first-order chi connectivity index (χ1) is 25.8. The smallest absolute Gasteiger partial charge is 0.462 e. The number of allylic oxidation sites excluding steroid dienone is 7. The molecule has 3 N–H and O–H groups in total. The first-order valence-corrected chi connectivity index (χ1v) is 22.6. The molecule has 53 heavy (non-hydrogen) atoms. The second-order valence-corrected chi connectivity index (χ2v) is 15.4. The van der Waals surface area contributed by atoms with Crippen LogP contribution in [0.3, 0.4) is 0 Å². The molecule has 0 bridgehead atoms. The van der Waals surface area contributed by atoms with E-state index in [1.807, 2.05) is 6.08 Å². The van der Waals surface area contributed by atoms with Gasteiger partial charge in [-0.15, -0.1) is 6.58 Å². The lowest BCUT2D eigenvalue weighted by Crippen LogP contribution is -2.29. The summed E-state index contributed by atoms with van der Waals surface area (Å²) in [5.74, 6) is -0.857. The van der Waals surface area contributed by atoms with E-state index in [0.29, 0.717) is 12.8 Å². The Bertz CT molecular complexity index is 999. The number of hydrogen-bond donors (Lipinski definition) is 2. The molecule has 0 amide bonds. The lowest BCUT2D eigenvalue weighted by Gasteiger charge is -2.19. The van der Waals surface area contributed by atoms with Crippen LogP contribution >= 0.6 is 7.82 Å². The molecule has 1 unspecified atom stereocenters. The van der Waals surface area contributed by atoms with E-state index in [1.165, 1.54) is 83.5 Å². The summed E-state index contributed by atoms with van der Waals surface area (Å²) in [5, 5.41) is 0. The fourth-order valence-electron chi connectivity index (χ4n) is 5.68. The molecule has 0 aromatic rings. The van der Waals surface area contributed by atoms with Crippen molar-refractivity contribution in [1.82, 2.24) is 0 Å². The normalized spacial score (nSPS) is 13.6.